The van der Waals surface area contributed by atoms with Gasteiger partial charge in [-0.2, -0.15) is 0 Å². The topological polar surface area (TPSA) is 75.6 Å². The number of carboxylic acids is 1. The van der Waals surface area contributed by atoms with Crippen LogP contribution in [0.4, 0.5) is 0 Å². The number of hydrogen-bond donors (Lipinski definition) is 2. The molecule has 2 rings (SSSR count). The summed E-state index contributed by atoms with van der Waals surface area (Å²) in [5.74, 6) is -0.480. The van der Waals surface area contributed by atoms with E-state index in [0.29, 0.717) is 24.3 Å². The molecule has 0 spiro atoms. The molecule has 0 heterocycles. The molecule has 1 aromatic rings. The fourth-order valence-corrected chi connectivity index (χ4v) is 1.82. The number of ether oxygens (including phenoxy) is 1. The van der Waals surface area contributed by atoms with Gasteiger partial charge in [0.25, 0.3) is 5.91 Å². The highest BCUT2D eigenvalue weighted by atomic mass is 16.5. The maximum atomic E-state index is 11.9. The lowest BCUT2D eigenvalue weighted by Gasteiger charge is -2.06. The van der Waals surface area contributed by atoms with Gasteiger partial charge in [-0.25, -0.2) is 4.79 Å². The first-order chi connectivity index (χ1) is 10.1. The number of carbonyl (C=O) groups excluding carboxylic acids is 1. The van der Waals surface area contributed by atoms with Gasteiger partial charge in [-0.15, -0.1) is 0 Å². The van der Waals surface area contributed by atoms with Crippen LogP contribution in [0.15, 0.2) is 30.3 Å². The molecule has 0 saturated heterocycles. The molecule has 5 nitrogen and oxygen atoms in total. The number of amides is 1. The second kappa shape index (κ2) is 7.59. The lowest BCUT2D eigenvalue weighted by Crippen LogP contribution is -2.27. The quantitative estimate of drug-likeness (QED) is 0.566. The maximum absolute atomic E-state index is 11.9. The third kappa shape index (κ3) is 5.79. The molecule has 5 heteroatoms. The summed E-state index contributed by atoms with van der Waals surface area (Å²) in [5, 5.41) is 11.4. The number of carboxylic acid groups (broad SMARTS) is 1. The van der Waals surface area contributed by atoms with Gasteiger partial charge in [-0.1, -0.05) is 12.1 Å². The largest absolute Gasteiger partial charge is 0.478 e. The van der Waals surface area contributed by atoms with Gasteiger partial charge in [0.05, 0.1) is 6.61 Å². The molecule has 0 bridgehead atoms. The van der Waals surface area contributed by atoms with Gasteiger partial charge in [0, 0.05) is 24.8 Å². The Hall–Kier alpha value is -2.14. The average Bonchev–Trinajstić information content (AvgIpc) is 3.29. The number of rotatable bonds is 8. The molecule has 1 amide bonds. The minimum Gasteiger partial charge on any atom is -0.478 e. The van der Waals surface area contributed by atoms with Gasteiger partial charge >= 0.3 is 5.97 Å². The first-order valence-electron chi connectivity index (χ1n) is 7.02. The molecule has 0 atom stereocenters. The van der Waals surface area contributed by atoms with Gasteiger partial charge in [-0.05, 0) is 42.5 Å². The van der Waals surface area contributed by atoms with Crippen molar-refractivity contribution in [3.63, 3.8) is 0 Å². The van der Waals surface area contributed by atoms with Crippen LogP contribution in [-0.4, -0.2) is 36.7 Å². The second-order valence-corrected chi connectivity index (χ2v) is 5.07. The Labute approximate surface area is 123 Å². The fraction of sp³-hybridized carbons (Fsp3) is 0.375. The van der Waals surface area contributed by atoms with Crippen molar-refractivity contribution in [2.24, 2.45) is 5.92 Å². The van der Waals surface area contributed by atoms with E-state index in [9.17, 15) is 9.59 Å². The molecule has 1 aromatic carbocycles. The maximum Gasteiger partial charge on any atom is 0.328 e. The van der Waals surface area contributed by atoms with E-state index in [4.69, 9.17) is 9.84 Å². The number of hydrogen-bond acceptors (Lipinski definition) is 3. The smallest absolute Gasteiger partial charge is 0.328 e. The van der Waals surface area contributed by atoms with E-state index in [0.717, 1.165) is 18.6 Å². The van der Waals surface area contributed by atoms with E-state index in [1.54, 1.807) is 24.3 Å². The highest BCUT2D eigenvalue weighted by molar-refractivity contribution is 5.95. The standard InChI is InChI=1S/C16H19NO4/c18-15(19)7-6-12-2-1-3-14(10-12)16(20)17-8-9-21-11-13-4-5-13/h1-3,6-7,10,13H,4-5,8-9,11H2,(H,17,20)(H,18,19)/b7-6+. The van der Waals surface area contributed by atoms with Crippen LogP contribution in [0.3, 0.4) is 0 Å². The van der Waals surface area contributed by atoms with E-state index in [-0.39, 0.29) is 5.91 Å². The molecule has 1 fully saturated rings. The molecule has 0 aliphatic heterocycles. The highest BCUT2D eigenvalue weighted by Crippen LogP contribution is 2.28. The van der Waals surface area contributed by atoms with E-state index in [1.807, 2.05) is 0 Å². The molecular formula is C16H19NO4. The molecule has 1 aliphatic rings. The number of nitrogens with one attached hydrogen (secondary N) is 1. The van der Waals surface area contributed by atoms with Gasteiger partial charge in [0.2, 0.25) is 0 Å². The fourth-order valence-electron chi connectivity index (χ4n) is 1.82. The van der Waals surface area contributed by atoms with Crippen molar-refractivity contribution in [3.8, 4) is 0 Å². The van der Waals surface area contributed by atoms with Crippen LogP contribution in [0.25, 0.3) is 6.08 Å². The summed E-state index contributed by atoms with van der Waals surface area (Å²) in [5.41, 5.74) is 1.18. The lowest BCUT2D eigenvalue weighted by atomic mass is 10.1. The zero-order valence-electron chi connectivity index (χ0n) is 11.7. The predicted octanol–water partition coefficient (Wildman–Crippen LogP) is 1.94. The summed E-state index contributed by atoms with van der Waals surface area (Å²) in [7, 11) is 0. The zero-order chi connectivity index (χ0) is 15.1. The second-order valence-electron chi connectivity index (χ2n) is 5.07. The lowest BCUT2D eigenvalue weighted by molar-refractivity contribution is -0.131. The van der Waals surface area contributed by atoms with Crippen LogP contribution < -0.4 is 5.32 Å². The average molecular weight is 289 g/mol. The van der Waals surface area contributed by atoms with Crippen LogP contribution in [0, 0.1) is 5.92 Å². The molecule has 1 saturated carbocycles. The number of aliphatic carboxylic acids is 1. The minimum atomic E-state index is -1.02. The normalized spacial score (nSPS) is 14.3. The van der Waals surface area contributed by atoms with Gasteiger partial charge in [0.1, 0.15) is 0 Å². The van der Waals surface area contributed by atoms with Crippen molar-refractivity contribution >= 4 is 18.0 Å². The predicted molar refractivity (Wildman–Crippen MR) is 79.0 cm³/mol. The SMILES string of the molecule is O=C(O)/C=C/c1cccc(C(=O)NCCOCC2CC2)c1. The molecule has 21 heavy (non-hydrogen) atoms. The monoisotopic (exact) mass is 289 g/mol. The van der Waals surface area contributed by atoms with Crippen molar-refractivity contribution in [3.05, 3.63) is 41.5 Å². The molecule has 0 unspecified atom stereocenters. The van der Waals surface area contributed by atoms with E-state index < -0.39 is 5.97 Å². The molecule has 112 valence electrons. The summed E-state index contributed by atoms with van der Waals surface area (Å²) in [4.78, 5) is 22.4. The summed E-state index contributed by atoms with van der Waals surface area (Å²) in [6, 6.07) is 6.81. The summed E-state index contributed by atoms with van der Waals surface area (Å²) < 4.78 is 5.44. The first-order valence-corrected chi connectivity index (χ1v) is 7.02. The van der Waals surface area contributed by atoms with Crippen LogP contribution >= 0.6 is 0 Å². The Morgan fingerprint density at radius 3 is 2.90 bits per heavy atom. The van der Waals surface area contributed by atoms with Crippen LogP contribution in [0.2, 0.25) is 0 Å². The summed E-state index contributed by atoms with van der Waals surface area (Å²) >= 11 is 0. The number of benzene rings is 1. The van der Waals surface area contributed by atoms with Crippen molar-refractivity contribution in [2.75, 3.05) is 19.8 Å². The summed E-state index contributed by atoms with van der Waals surface area (Å²) in [6.07, 6.45) is 5.01. The Balaban J connectivity index is 1.77. The molecule has 1 aliphatic carbocycles. The molecule has 2 N–H and O–H groups in total. The van der Waals surface area contributed by atoms with Gasteiger partial charge in [0.15, 0.2) is 0 Å². The van der Waals surface area contributed by atoms with E-state index in [1.165, 1.54) is 18.9 Å². The Bertz CT molecular complexity index is 535. The Morgan fingerprint density at radius 1 is 1.38 bits per heavy atom. The van der Waals surface area contributed by atoms with Crippen molar-refractivity contribution in [1.82, 2.24) is 5.32 Å². The van der Waals surface area contributed by atoms with E-state index >= 15 is 0 Å². The van der Waals surface area contributed by atoms with Crippen molar-refractivity contribution in [1.29, 1.82) is 0 Å². The van der Waals surface area contributed by atoms with Crippen molar-refractivity contribution in [2.45, 2.75) is 12.8 Å². The van der Waals surface area contributed by atoms with Gasteiger partial charge < -0.3 is 15.2 Å². The highest BCUT2D eigenvalue weighted by Gasteiger charge is 2.20. The van der Waals surface area contributed by atoms with Crippen LogP contribution in [0.5, 0.6) is 0 Å². The van der Waals surface area contributed by atoms with Crippen molar-refractivity contribution < 1.29 is 19.4 Å². The molecule has 0 radical (unpaired) electrons. The number of carbonyl (C=O) groups is 2. The van der Waals surface area contributed by atoms with E-state index in [2.05, 4.69) is 5.32 Å². The minimum absolute atomic E-state index is 0.185. The molecule has 0 aromatic heterocycles. The Kier molecular flexibility index (Phi) is 5.51. The molecular weight excluding hydrogens is 270 g/mol. The third-order valence-electron chi connectivity index (χ3n) is 3.15. The van der Waals surface area contributed by atoms with Crippen LogP contribution in [-0.2, 0) is 9.53 Å². The van der Waals surface area contributed by atoms with Gasteiger partial charge in [-0.3, -0.25) is 4.79 Å². The Morgan fingerprint density at radius 2 is 2.19 bits per heavy atom. The summed E-state index contributed by atoms with van der Waals surface area (Å²) in [6.45, 7) is 1.77. The first kappa shape index (κ1) is 15.3. The zero-order valence-corrected chi connectivity index (χ0v) is 11.7. The van der Waals surface area contributed by atoms with Crippen LogP contribution in [0.1, 0.15) is 28.8 Å². The third-order valence-corrected chi connectivity index (χ3v) is 3.15.